The first-order chi connectivity index (χ1) is 12.2. The van der Waals surface area contributed by atoms with Crippen molar-refractivity contribution in [2.24, 2.45) is 0 Å². The number of carbonyl (C=O) groups is 1. The maximum absolute atomic E-state index is 12.8. The van der Waals surface area contributed by atoms with Crippen LogP contribution in [0.15, 0.2) is 30.6 Å². The fourth-order valence-electron chi connectivity index (χ4n) is 3.35. The zero-order valence-electron chi connectivity index (χ0n) is 15.1. The van der Waals surface area contributed by atoms with Crippen LogP contribution in [-0.4, -0.2) is 29.0 Å². The number of aromatic nitrogens is 2. The van der Waals surface area contributed by atoms with Crippen molar-refractivity contribution in [3.05, 3.63) is 47.4 Å². The molecule has 132 valence electrons. The summed E-state index contributed by atoms with van der Waals surface area (Å²) in [6, 6.07) is 7.98. The molecule has 1 aliphatic heterocycles. The first-order valence-electron chi connectivity index (χ1n) is 9.22. The van der Waals surface area contributed by atoms with Crippen LogP contribution in [0.2, 0.25) is 0 Å². The molecular weight excluding hydrogens is 312 g/mol. The minimum Gasteiger partial charge on any atom is -0.357 e. The first kappa shape index (κ1) is 17.4. The molecule has 1 amide bonds. The van der Waals surface area contributed by atoms with Gasteiger partial charge >= 0.3 is 0 Å². The number of rotatable bonds is 5. The van der Waals surface area contributed by atoms with E-state index in [2.05, 4.69) is 46.2 Å². The van der Waals surface area contributed by atoms with Gasteiger partial charge in [0.2, 0.25) is 0 Å². The Morgan fingerprint density at radius 1 is 1.08 bits per heavy atom. The van der Waals surface area contributed by atoms with Crippen molar-refractivity contribution in [3.8, 4) is 0 Å². The van der Waals surface area contributed by atoms with E-state index in [4.69, 9.17) is 0 Å². The van der Waals surface area contributed by atoms with Gasteiger partial charge < -0.3 is 10.2 Å². The highest BCUT2D eigenvalue weighted by molar-refractivity contribution is 6.04. The number of benzene rings is 1. The second-order valence-electron chi connectivity index (χ2n) is 6.42. The summed E-state index contributed by atoms with van der Waals surface area (Å²) in [5, 5.41) is 3.08. The lowest BCUT2D eigenvalue weighted by atomic mass is 10.0. The largest absolute Gasteiger partial charge is 0.357 e. The van der Waals surface area contributed by atoms with Gasteiger partial charge in [-0.25, -0.2) is 9.97 Å². The molecular formula is C20H26N4O. The number of anilines is 2. The number of aryl methyl sites for hydroxylation is 2. The predicted molar refractivity (Wildman–Crippen MR) is 101 cm³/mol. The van der Waals surface area contributed by atoms with Gasteiger partial charge in [0.15, 0.2) is 0 Å². The summed E-state index contributed by atoms with van der Waals surface area (Å²) in [6.07, 6.45) is 6.87. The van der Waals surface area contributed by atoms with E-state index in [-0.39, 0.29) is 5.91 Å². The predicted octanol–water partition coefficient (Wildman–Crippen LogP) is 3.84. The van der Waals surface area contributed by atoms with Crippen molar-refractivity contribution in [3.63, 3.8) is 0 Å². The Labute approximate surface area is 149 Å². The molecule has 0 atom stereocenters. The van der Waals surface area contributed by atoms with Crippen LogP contribution in [0.25, 0.3) is 0 Å². The van der Waals surface area contributed by atoms with Crippen LogP contribution in [0.4, 0.5) is 11.5 Å². The van der Waals surface area contributed by atoms with E-state index in [1.54, 1.807) is 6.07 Å². The van der Waals surface area contributed by atoms with Crippen molar-refractivity contribution in [2.45, 2.75) is 46.0 Å². The van der Waals surface area contributed by atoms with E-state index in [0.717, 1.165) is 48.6 Å². The molecule has 1 aromatic carbocycles. The Bertz CT molecular complexity index is 716. The van der Waals surface area contributed by atoms with Gasteiger partial charge in [-0.1, -0.05) is 32.0 Å². The Morgan fingerprint density at radius 2 is 1.76 bits per heavy atom. The van der Waals surface area contributed by atoms with Crippen LogP contribution in [0.5, 0.6) is 0 Å². The molecule has 0 bridgehead atoms. The average Bonchev–Trinajstić information content (AvgIpc) is 2.69. The molecule has 1 aromatic heterocycles. The molecule has 3 rings (SSSR count). The van der Waals surface area contributed by atoms with Gasteiger partial charge in [-0.3, -0.25) is 4.79 Å². The van der Waals surface area contributed by atoms with Crippen LogP contribution in [0.3, 0.4) is 0 Å². The number of hydrogen-bond donors (Lipinski definition) is 1. The fraction of sp³-hybridized carbons (Fsp3) is 0.450. The third kappa shape index (κ3) is 3.98. The van der Waals surface area contributed by atoms with Gasteiger partial charge in [-0.15, -0.1) is 0 Å². The number of para-hydroxylation sites is 1. The third-order valence-electron chi connectivity index (χ3n) is 4.80. The number of amides is 1. The maximum atomic E-state index is 12.8. The van der Waals surface area contributed by atoms with Gasteiger partial charge in [0, 0.05) is 24.8 Å². The molecule has 5 heteroatoms. The van der Waals surface area contributed by atoms with Crippen molar-refractivity contribution in [1.82, 2.24) is 9.97 Å². The first-order valence-corrected chi connectivity index (χ1v) is 9.22. The molecule has 5 nitrogen and oxygen atoms in total. The highest BCUT2D eigenvalue weighted by atomic mass is 16.1. The Balaban J connectivity index is 1.82. The Hall–Kier alpha value is -2.43. The summed E-state index contributed by atoms with van der Waals surface area (Å²) < 4.78 is 0. The van der Waals surface area contributed by atoms with E-state index in [1.165, 1.54) is 25.6 Å². The minimum atomic E-state index is -0.170. The molecule has 1 N–H and O–H groups in total. The van der Waals surface area contributed by atoms with Gasteiger partial charge in [-0.2, -0.15) is 0 Å². The van der Waals surface area contributed by atoms with E-state index >= 15 is 0 Å². The summed E-state index contributed by atoms with van der Waals surface area (Å²) in [4.78, 5) is 23.5. The van der Waals surface area contributed by atoms with Crippen LogP contribution < -0.4 is 10.2 Å². The number of hydrogen-bond acceptors (Lipinski definition) is 4. The number of nitrogens with zero attached hydrogens (tertiary/aromatic N) is 3. The summed E-state index contributed by atoms with van der Waals surface area (Å²) in [7, 11) is 0. The molecule has 1 aliphatic rings. The van der Waals surface area contributed by atoms with Gasteiger partial charge in [0.1, 0.15) is 17.8 Å². The lowest BCUT2D eigenvalue weighted by Crippen LogP contribution is -2.30. The van der Waals surface area contributed by atoms with Crippen molar-refractivity contribution in [2.75, 3.05) is 23.3 Å². The smallest absolute Gasteiger partial charge is 0.274 e. The standard InChI is InChI=1S/C20H26N4O/c1-3-15-9-8-10-16(4-2)19(15)23-20(25)17-13-18(22-14-21-17)24-11-6-5-7-12-24/h8-10,13-14H,3-7,11-12H2,1-2H3,(H,23,25). The lowest BCUT2D eigenvalue weighted by Gasteiger charge is -2.27. The van der Waals surface area contributed by atoms with Gasteiger partial charge in [0.25, 0.3) is 5.91 Å². The molecule has 2 aromatic rings. The summed E-state index contributed by atoms with van der Waals surface area (Å²) >= 11 is 0. The van der Waals surface area contributed by atoms with Crippen LogP contribution in [0, 0.1) is 0 Å². The molecule has 0 aliphatic carbocycles. The van der Waals surface area contributed by atoms with E-state index in [9.17, 15) is 4.79 Å². The molecule has 0 radical (unpaired) electrons. The van der Waals surface area contributed by atoms with Crippen LogP contribution >= 0.6 is 0 Å². The Morgan fingerprint density at radius 3 is 2.40 bits per heavy atom. The highest BCUT2D eigenvalue weighted by Crippen LogP contribution is 2.24. The normalized spacial score (nSPS) is 14.4. The summed E-state index contributed by atoms with van der Waals surface area (Å²) in [5.74, 6) is 0.676. The quantitative estimate of drug-likeness (QED) is 0.900. The molecule has 25 heavy (non-hydrogen) atoms. The maximum Gasteiger partial charge on any atom is 0.274 e. The second kappa shape index (κ2) is 8.10. The van der Waals surface area contributed by atoms with E-state index < -0.39 is 0 Å². The second-order valence-corrected chi connectivity index (χ2v) is 6.42. The summed E-state index contributed by atoms with van der Waals surface area (Å²) in [5.41, 5.74) is 3.65. The van der Waals surface area contributed by atoms with Crippen LogP contribution in [0.1, 0.15) is 54.7 Å². The monoisotopic (exact) mass is 338 g/mol. The molecule has 1 saturated heterocycles. The lowest BCUT2D eigenvalue weighted by molar-refractivity contribution is 0.102. The number of carbonyl (C=O) groups excluding carboxylic acids is 1. The van der Waals surface area contributed by atoms with E-state index in [0.29, 0.717) is 5.69 Å². The van der Waals surface area contributed by atoms with Crippen molar-refractivity contribution in [1.29, 1.82) is 0 Å². The SMILES string of the molecule is CCc1cccc(CC)c1NC(=O)c1cc(N2CCCCC2)ncn1. The van der Waals surface area contributed by atoms with E-state index in [1.807, 2.05) is 6.07 Å². The van der Waals surface area contributed by atoms with Crippen LogP contribution in [-0.2, 0) is 12.8 Å². The topological polar surface area (TPSA) is 58.1 Å². The average molecular weight is 338 g/mol. The Kier molecular flexibility index (Phi) is 5.64. The van der Waals surface area contributed by atoms with Gasteiger partial charge in [0.05, 0.1) is 0 Å². The van der Waals surface area contributed by atoms with Crippen molar-refractivity contribution >= 4 is 17.4 Å². The molecule has 2 heterocycles. The minimum absolute atomic E-state index is 0.170. The molecule has 1 fully saturated rings. The highest BCUT2D eigenvalue weighted by Gasteiger charge is 2.17. The zero-order valence-corrected chi connectivity index (χ0v) is 15.1. The van der Waals surface area contributed by atoms with Crippen molar-refractivity contribution < 1.29 is 4.79 Å². The molecule has 0 spiro atoms. The van der Waals surface area contributed by atoms with Gasteiger partial charge in [-0.05, 0) is 43.2 Å². The number of piperidine rings is 1. The fourth-order valence-corrected chi connectivity index (χ4v) is 3.35. The third-order valence-corrected chi connectivity index (χ3v) is 4.80. The number of nitrogens with one attached hydrogen (secondary N) is 1. The zero-order chi connectivity index (χ0) is 17.6. The molecule has 0 unspecified atom stereocenters. The molecule has 0 saturated carbocycles. The summed E-state index contributed by atoms with van der Waals surface area (Å²) in [6.45, 7) is 6.20.